The molecule has 8 nitrogen and oxygen atoms in total. The van der Waals surface area contributed by atoms with Crippen LogP contribution in [0.4, 0.5) is 4.79 Å². The van der Waals surface area contributed by atoms with Gasteiger partial charge >= 0.3 is 18.0 Å². The number of benzene rings is 2. The number of urea groups is 1. The van der Waals surface area contributed by atoms with Crippen LogP contribution in [0, 0.1) is 0 Å². The highest BCUT2D eigenvalue weighted by Crippen LogP contribution is 2.33. The Kier molecular flexibility index (Phi) is 6.25. The number of carboxylic acid groups (broad SMARTS) is 1. The first-order valence-electron chi connectivity index (χ1n) is 9.52. The lowest BCUT2D eigenvalue weighted by Gasteiger charge is -2.35. The van der Waals surface area contributed by atoms with Crippen LogP contribution in [-0.4, -0.2) is 48.7 Å². The molecule has 2 aromatic rings. The molecule has 158 valence electrons. The minimum atomic E-state index is -0.937. The van der Waals surface area contributed by atoms with E-state index in [0.29, 0.717) is 11.3 Å². The van der Waals surface area contributed by atoms with Crippen LogP contribution in [0.15, 0.2) is 47.7 Å². The van der Waals surface area contributed by atoms with Crippen molar-refractivity contribution in [3.8, 4) is 5.75 Å². The SMILES string of the molecule is COC(=O)C1=C(C)N(CCCC(=O)O)C(=O)N[C@@H]1c1ccc2cc(OC)ccc2c1. The molecule has 0 aromatic heterocycles. The lowest BCUT2D eigenvalue weighted by Crippen LogP contribution is -2.48. The van der Waals surface area contributed by atoms with Crippen LogP contribution in [0.5, 0.6) is 5.75 Å². The molecule has 0 fully saturated rings. The fourth-order valence-corrected chi connectivity index (χ4v) is 3.61. The fraction of sp³-hybridized carbons (Fsp3) is 0.318. The van der Waals surface area contributed by atoms with Crippen LogP contribution in [0.3, 0.4) is 0 Å². The van der Waals surface area contributed by atoms with Gasteiger partial charge in [0.05, 0.1) is 25.8 Å². The van der Waals surface area contributed by atoms with Crippen LogP contribution in [0.2, 0.25) is 0 Å². The van der Waals surface area contributed by atoms with E-state index < -0.39 is 18.0 Å². The molecule has 2 N–H and O–H groups in total. The predicted octanol–water partition coefficient (Wildman–Crippen LogP) is 3.23. The number of allylic oxidation sites excluding steroid dienone is 1. The summed E-state index contributed by atoms with van der Waals surface area (Å²) in [7, 11) is 2.89. The van der Waals surface area contributed by atoms with Gasteiger partial charge in [-0.3, -0.25) is 9.69 Å². The van der Waals surface area contributed by atoms with Crippen molar-refractivity contribution in [3.63, 3.8) is 0 Å². The molecule has 0 saturated heterocycles. The van der Waals surface area contributed by atoms with Crippen molar-refractivity contribution >= 4 is 28.7 Å². The molecule has 2 amide bonds. The Balaban J connectivity index is 1.99. The molecular formula is C22H24N2O6. The van der Waals surface area contributed by atoms with Gasteiger partial charge in [0.2, 0.25) is 0 Å². The highest BCUT2D eigenvalue weighted by Gasteiger charge is 2.36. The first kappa shape index (κ1) is 21.2. The number of hydrogen-bond acceptors (Lipinski definition) is 5. The van der Waals surface area contributed by atoms with E-state index in [0.717, 1.165) is 22.1 Å². The second-order valence-electron chi connectivity index (χ2n) is 6.99. The number of nitrogens with one attached hydrogen (secondary N) is 1. The third-order valence-electron chi connectivity index (χ3n) is 5.18. The van der Waals surface area contributed by atoms with E-state index >= 15 is 0 Å². The van der Waals surface area contributed by atoms with Gasteiger partial charge in [-0.1, -0.05) is 18.2 Å². The summed E-state index contributed by atoms with van der Waals surface area (Å²) in [6, 6.07) is 10.3. The molecule has 1 aliphatic rings. The van der Waals surface area contributed by atoms with Crippen molar-refractivity contribution in [2.75, 3.05) is 20.8 Å². The number of ether oxygens (including phenoxy) is 2. The number of aliphatic carboxylic acids is 1. The van der Waals surface area contributed by atoms with Gasteiger partial charge in [-0.15, -0.1) is 0 Å². The zero-order valence-corrected chi connectivity index (χ0v) is 17.1. The Morgan fingerprint density at radius 3 is 2.50 bits per heavy atom. The molecule has 0 unspecified atom stereocenters. The maximum Gasteiger partial charge on any atom is 0.337 e. The number of rotatable bonds is 7. The minimum absolute atomic E-state index is 0.0673. The number of carbonyl (C=O) groups is 3. The third kappa shape index (κ3) is 4.22. The van der Waals surface area contributed by atoms with Crippen molar-refractivity contribution in [1.82, 2.24) is 10.2 Å². The van der Waals surface area contributed by atoms with Gasteiger partial charge in [-0.25, -0.2) is 9.59 Å². The van der Waals surface area contributed by atoms with Crippen molar-refractivity contribution < 1.29 is 29.0 Å². The average molecular weight is 412 g/mol. The van der Waals surface area contributed by atoms with Gasteiger partial charge < -0.3 is 19.9 Å². The summed E-state index contributed by atoms with van der Waals surface area (Å²) < 4.78 is 10.2. The number of amides is 2. The van der Waals surface area contributed by atoms with Gasteiger partial charge in [0.15, 0.2) is 0 Å². The molecule has 0 aliphatic carbocycles. The smallest absolute Gasteiger partial charge is 0.337 e. The molecular weight excluding hydrogens is 388 g/mol. The van der Waals surface area contributed by atoms with E-state index in [4.69, 9.17) is 14.6 Å². The van der Waals surface area contributed by atoms with E-state index in [1.54, 1.807) is 14.0 Å². The van der Waals surface area contributed by atoms with Gasteiger partial charge in [-0.05, 0) is 47.9 Å². The molecule has 1 heterocycles. The number of fused-ring (bicyclic) bond motifs is 1. The molecule has 2 aromatic carbocycles. The number of carboxylic acids is 1. The summed E-state index contributed by atoms with van der Waals surface area (Å²) in [6.45, 7) is 1.86. The number of esters is 1. The van der Waals surface area contributed by atoms with Crippen molar-refractivity contribution in [3.05, 3.63) is 53.2 Å². The first-order chi connectivity index (χ1) is 14.3. The van der Waals surface area contributed by atoms with Gasteiger partial charge in [0.1, 0.15) is 5.75 Å². The maximum atomic E-state index is 12.7. The number of methoxy groups -OCH3 is 2. The highest BCUT2D eigenvalue weighted by molar-refractivity contribution is 5.95. The summed E-state index contributed by atoms with van der Waals surface area (Å²) >= 11 is 0. The summed E-state index contributed by atoms with van der Waals surface area (Å²) in [5.41, 5.74) is 1.52. The standard InChI is InChI=1S/C22H24N2O6/c1-13-19(21(27)30-3)20(23-22(28)24(13)10-4-5-18(25)26)16-7-6-15-12-17(29-2)9-8-14(15)11-16/h6-9,11-12,20H,4-5,10H2,1-3H3,(H,23,28)(H,25,26)/t20-/m1/s1. The molecule has 0 bridgehead atoms. The highest BCUT2D eigenvalue weighted by atomic mass is 16.5. The molecule has 30 heavy (non-hydrogen) atoms. The summed E-state index contributed by atoms with van der Waals surface area (Å²) in [5.74, 6) is -0.743. The average Bonchev–Trinajstić information content (AvgIpc) is 2.74. The van der Waals surface area contributed by atoms with Crippen molar-refractivity contribution in [1.29, 1.82) is 0 Å². The lowest BCUT2D eigenvalue weighted by atomic mass is 9.93. The summed E-state index contributed by atoms with van der Waals surface area (Å²) in [4.78, 5) is 37.5. The Morgan fingerprint density at radius 1 is 1.13 bits per heavy atom. The molecule has 8 heteroatoms. The van der Waals surface area contributed by atoms with Crippen molar-refractivity contribution in [2.45, 2.75) is 25.8 Å². The molecule has 0 spiro atoms. The monoisotopic (exact) mass is 412 g/mol. The quantitative estimate of drug-likeness (QED) is 0.677. The second kappa shape index (κ2) is 8.86. The van der Waals surface area contributed by atoms with Gasteiger partial charge in [-0.2, -0.15) is 0 Å². The van der Waals surface area contributed by atoms with Crippen LogP contribution < -0.4 is 10.1 Å². The van der Waals surface area contributed by atoms with Crippen LogP contribution >= 0.6 is 0 Å². The van der Waals surface area contributed by atoms with E-state index in [9.17, 15) is 14.4 Å². The Labute approximate surface area is 174 Å². The zero-order valence-electron chi connectivity index (χ0n) is 17.1. The lowest BCUT2D eigenvalue weighted by molar-refractivity contribution is -0.138. The molecule has 1 aliphatic heterocycles. The fourth-order valence-electron chi connectivity index (χ4n) is 3.61. The van der Waals surface area contributed by atoms with Crippen molar-refractivity contribution in [2.24, 2.45) is 0 Å². The summed E-state index contributed by atoms with van der Waals surface area (Å²) in [6.07, 6.45) is 0.208. The van der Waals surface area contributed by atoms with Gasteiger partial charge in [0, 0.05) is 18.7 Å². The molecule has 3 rings (SSSR count). The largest absolute Gasteiger partial charge is 0.497 e. The molecule has 0 saturated carbocycles. The Bertz CT molecular complexity index is 1030. The van der Waals surface area contributed by atoms with E-state index in [1.807, 2.05) is 36.4 Å². The normalized spacial score (nSPS) is 16.4. The van der Waals surface area contributed by atoms with Crippen LogP contribution in [0.1, 0.15) is 31.4 Å². The topological polar surface area (TPSA) is 105 Å². The molecule has 0 radical (unpaired) electrons. The number of nitrogens with zero attached hydrogens (tertiary/aromatic N) is 1. The second-order valence-corrected chi connectivity index (χ2v) is 6.99. The van der Waals surface area contributed by atoms with Crippen LogP contribution in [-0.2, 0) is 14.3 Å². The molecule has 1 atom stereocenters. The first-order valence-corrected chi connectivity index (χ1v) is 9.52. The number of carbonyl (C=O) groups excluding carboxylic acids is 2. The van der Waals surface area contributed by atoms with E-state index in [2.05, 4.69) is 5.32 Å². The Hall–Kier alpha value is -3.55. The zero-order chi connectivity index (χ0) is 21.8. The maximum absolute atomic E-state index is 12.7. The minimum Gasteiger partial charge on any atom is -0.497 e. The van der Waals surface area contributed by atoms with E-state index in [-0.39, 0.29) is 25.4 Å². The predicted molar refractivity (Wildman–Crippen MR) is 110 cm³/mol. The van der Waals surface area contributed by atoms with E-state index in [1.165, 1.54) is 12.0 Å². The number of hydrogen-bond donors (Lipinski definition) is 2. The summed E-state index contributed by atoms with van der Waals surface area (Å²) in [5, 5.41) is 13.6. The third-order valence-corrected chi connectivity index (χ3v) is 5.18. The Morgan fingerprint density at radius 2 is 1.83 bits per heavy atom. The van der Waals surface area contributed by atoms with Gasteiger partial charge in [0.25, 0.3) is 0 Å². The van der Waals surface area contributed by atoms with Crippen LogP contribution in [0.25, 0.3) is 10.8 Å².